The van der Waals surface area contributed by atoms with Crippen molar-refractivity contribution in [1.29, 1.82) is 5.26 Å². The van der Waals surface area contributed by atoms with Crippen LogP contribution in [0, 0.1) is 11.3 Å². The van der Waals surface area contributed by atoms with E-state index in [1.54, 1.807) is 16.9 Å². The Morgan fingerprint density at radius 2 is 2.00 bits per heavy atom. The number of hydrogen-bond donors (Lipinski definition) is 0. The van der Waals surface area contributed by atoms with Gasteiger partial charge in [-0.1, -0.05) is 18.2 Å². The maximum Gasteiger partial charge on any atom is 0.159 e. The molecule has 0 aliphatic heterocycles. The van der Waals surface area contributed by atoms with Crippen LogP contribution in [0.25, 0.3) is 5.52 Å². The summed E-state index contributed by atoms with van der Waals surface area (Å²) in [4.78, 5) is 6.51. The van der Waals surface area contributed by atoms with E-state index in [-0.39, 0.29) is 0 Å². The Bertz CT molecular complexity index is 742. The summed E-state index contributed by atoms with van der Waals surface area (Å²) in [5.41, 5.74) is 1.94. The number of nitrogens with zero attached hydrogens (tertiary/aromatic N) is 5. The molecule has 3 rings (SSSR count). The molecule has 2 heterocycles. The molecule has 98 valence electrons. The third-order valence-electron chi connectivity index (χ3n) is 3.07. The van der Waals surface area contributed by atoms with E-state index in [4.69, 9.17) is 5.26 Å². The zero-order chi connectivity index (χ0) is 13.8. The van der Waals surface area contributed by atoms with Gasteiger partial charge >= 0.3 is 0 Å². The van der Waals surface area contributed by atoms with Crippen molar-refractivity contribution in [3.63, 3.8) is 0 Å². The number of aromatic nitrogens is 3. The molecule has 1 aromatic carbocycles. The Hall–Kier alpha value is -2.87. The van der Waals surface area contributed by atoms with Crippen LogP contribution in [0.1, 0.15) is 6.42 Å². The quantitative estimate of drug-likeness (QED) is 0.726. The van der Waals surface area contributed by atoms with Crippen molar-refractivity contribution in [2.24, 2.45) is 0 Å². The first-order valence-corrected chi connectivity index (χ1v) is 6.38. The van der Waals surface area contributed by atoms with Crippen molar-refractivity contribution in [3.8, 4) is 6.07 Å². The molecule has 0 saturated carbocycles. The lowest BCUT2D eigenvalue weighted by Crippen LogP contribution is -2.20. The van der Waals surface area contributed by atoms with Crippen molar-refractivity contribution in [2.75, 3.05) is 11.4 Å². The Labute approximate surface area is 116 Å². The van der Waals surface area contributed by atoms with Crippen LogP contribution in [0.5, 0.6) is 0 Å². The number of para-hydroxylation sites is 1. The van der Waals surface area contributed by atoms with Crippen LogP contribution in [-0.2, 0) is 0 Å². The predicted molar refractivity (Wildman–Crippen MR) is 76.7 cm³/mol. The molecular weight excluding hydrogens is 250 g/mol. The van der Waals surface area contributed by atoms with Gasteiger partial charge in [0.1, 0.15) is 5.52 Å². The van der Waals surface area contributed by atoms with Crippen LogP contribution in [-0.4, -0.2) is 21.1 Å². The molecule has 2 aromatic heterocycles. The minimum Gasteiger partial charge on any atom is -0.324 e. The second-order valence-corrected chi connectivity index (χ2v) is 4.31. The van der Waals surface area contributed by atoms with E-state index >= 15 is 0 Å². The van der Waals surface area contributed by atoms with E-state index in [2.05, 4.69) is 16.2 Å². The first-order chi connectivity index (χ1) is 9.90. The van der Waals surface area contributed by atoms with Crippen LogP contribution >= 0.6 is 0 Å². The summed E-state index contributed by atoms with van der Waals surface area (Å²) >= 11 is 0. The van der Waals surface area contributed by atoms with E-state index in [1.807, 2.05) is 47.5 Å². The Morgan fingerprint density at radius 3 is 2.80 bits per heavy atom. The van der Waals surface area contributed by atoms with Gasteiger partial charge in [-0.2, -0.15) is 10.4 Å². The first kappa shape index (κ1) is 12.2. The number of benzene rings is 1. The molecule has 0 fully saturated rings. The first-order valence-electron chi connectivity index (χ1n) is 6.38. The van der Waals surface area contributed by atoms with Crippen molar-refractivity contribution < 1.29 is 0 Å². The normalized spacial score (nSPS) is 10.3. The van der Waals surface area contributed by atoms with Gasteiger partial charge in [-0.05, 0) is 18.2 Å². The minimum absolute atomic E-state index is 0.436. The number of anilines is 2. The summed E-state index contributed by atoms with van der Waals surface area (Å²) in [6.45, 7) is 0.596. The summed E-state index contributed by atoms with van der Waals surface area (Å²) in [5, 5.41) is 13.1. The molecule has 3 aromatic rings. The molecule has 0 unspecified atom stereocenters. The monoisotopic (exact) mass is 263 g/mol. The fourth-order valence-corrected chi connectivity index (χ4v) is 2.18. The van der Waals surface area contributed by atoms with Crippen LogP contribution in [0.2, 0.25) is 0 Å². The van der Waals surface area contributed by atoms with Gasteiger partial charge in [-0.15, -0.1) is 0 Å². The summed E-state index contributed by atoms with van der Waals surface area (Å²) in [6.07, 6.45) is 5.71. The Balaban J connectivity index is 2.10. The molecule has 0 radical (unpaired) electrons. The molecule has 20 heavy (non-hydrogen) atoms. The Kier molecular flexibility index (Phi) is 3.29. The van der Waals surface area contributed by atoms with E-state index in [0.29, 0.717) is 13.0 Å². The molecule has 0 spiro atoms. The third kappa shape index (κ3) is 2.19. The van der Waals surface area contributed by atoms with Crippen LogP contribution in [0.3, 0.4) is 0 Å². The molecule has 0 atom stereocenters. The fourth-order valence-electron chi connectivity index (χ4n) is 2.18. The third-order valence-corrected chi connectivity index (χ3v) is 3.07. The molecule has 0 bridgehead atoms. The maximum atomic E-state index is 8.87. The van der Waals surface area contributed by atoms with Gasteiger partial charge < -0.3 is 4.90 Å². The van der Waals surface area contributed by atoms with Gasteiger partial charge in [0.15, 0.2) is 5.82 Å². The summed E-state index contributed by atoms with van der Waals surface area (Å²) in [6, 6.07) is 14.1. The predicted octanol–water partition coefficient (Wildman–Crippen LogP) is 2.78. The molecule has 0 N–H and O–H groups in total. The smallest absolute Gasteiger partial charge is 0.159 e. The summed E-state index contributed by atoms with van der Waals surface area (Å²) in [7, 11) is 0. The summed E-state index contributed by atoms with van der Waals surface area (Å²) in [5.74, 6) is 0.812. The molecule has 0 aliphatic carbocycles. The lowest BCUT2D eigenvalue weighted by Gasteiger charge is -2.23. The molecular formula is C15H13N5. The average Bonchev–Trinajstić information content (AvgIpc) is 2.98. The zero-order valence-electron chi connectivity index (χ0n) is 10.8. The lowest BCUT2D eigenvalue weighted by atomic mass is 10.2. The van der Waals surface area contributed by atoms with Crippen LogP contribution in [0.4, 0.5) is 11.5 Å². The van der Waals surface area contributed by atoms with Crippen molar-refractivity contribution in [2.45, 2.75) is 6.42 Å². The van der Waals surface area contributed by atoms with Crippen LogP contribution < -0.4 is 4.90 Å². The van der Waals surface area contributed by atoms with Crippen molar-refractivity contribution in [1.82, 2.24) is 14.6 Å². The number of rotatable bonds is 4. The number of hydrogen-bond acceptors (Lipinski definition) is 4. The van der Waals surface area contributed by atoms with E-state index < -0.39 is 0 Å². The Morgan fingerprint density at radius 1 is 1.15 bits per heavy atom. The van der Waals surface area contributed by atoms with Gasteiger partial charge in [0.25, 0.3) is 0 Å². The number of nitriles is 1. The largest absolute Gasteiger partial charge is 0.324 e. The highest BCUT2D eigenvalue weighted by atomic mass is 15.3. The standard InChI is InChI=1S/C15H13N5/c16-8-4-11-19(13-5-2-1-3-6-13)15-14-7-9-18-20(14)12-10-17-15/h1-3,5-7,9-10,12H,4,11H2. The van der Waals surface area contributed by atoms with Gasteiger partial charge in [0.05, 0.1) is 18.7 Å². The van der Waals surface area contributed by atoms with Gasteiger partial charge in [-0.3, -0.25) is 0 Å². The zero-order valence-corrected chi connectivity index (χ0v) is 10.8. The molecule has 0 amide bonds. The highest BCUT2D eigenvalue weighted by Crippen LogP contribution is 2.26. The average molecular weight is 263 g/mol. The van der Waals surface area contributed by atoms with E-state index in [0.717, 1.165) is 17.0 Å². The van der Waals surface area contributed by atoms with E-state index in [9.17, 15) is 0 Å². The molecule has 0 saturated heterocycles. The molecule has 0 aliphatic rings. The highest BCUT2D eigenvalue weighted by Gasteiger charge is 2.14. The second kappa shape index (κ2) is 5.41. The van der Waals surface area contributed by atoms with Crippen molar-refractivity contribution >= 4 is 17.0 Å². The van der Waals surface area contributed by atoms with E-state index in [1.165, 1.54) is 0 Å². The molecule has 5 heteroatoms. The maximum absolute atomic E-state index is 8.87. The highest BCUT2D eigenvalue weighted by molar-refractivity contribution is 5.74. The minimum atomic E-state index is 0.436. The fraction of sp³-hybridized carbons (Fsp3) is 0.133. The van der Waals surface area contributed by atoms with Crippen molar-refractivity contribution in [3.05, 3.63) is 55.0 Å². The number of fused-ring (bicyclic) bond motifs is 1. The summed E-state index contributed by atoms with van der Waals surface area (Å²) < 4.78 is 1.78. The van der Waals surface area contributed by atoms with Gasteiger partial charge in [-0.25, -0.2) is 9.50 Å². The van der Waals surface area contributed by atoms with Crippen LogP contribution in [0.15, 0.2) is 55.0 Å². The second-order valence-electron chi connectivity index (χ2n) is 4.31. The topological polar surface area (TPSA) is 57.2 Å². The van der Waals surface area contributed by atoms with Gasteiger partial charge in [0, 0.05) is 24.6 Å². The molecule has 5 nitrogen and oxygen atoms in total. The SMILES string of the molecule is N#CCCN(c1ccccc1)c1nccn2nccc12. The lowest BCUT2D eigenvalue weighted by molar-refractivity contribution is 0.899. The van der Waals surface area contributed by atoms with Gasteiger partial charge in [0.2, 0.25) is 0 Å².